The van der Waals surface area contributed by atoms with Gasteiger partial charge in [0.05, 0.1) is 23.9 Å². The summed E-state index contributed by atoms with van der Waals surface area (Å²) in [7, 11) is 1.28. The van der Waals surface area contributed by atoms with Crippen LogP contribution in [0, 0.1) is 6.92 Å². The fourth-order valence-corrected chi connectivity index (χ4v) is 2.11. The largest absolute Gasteiger partial charge is 0.465 e. The van der Waals surface area contributed by atoms with Crippen LogP contribution in [0.15, 0.2) is 10.5 Å². The van der Waals surface area contributed by atoms with Gasteiger partial charge < -0.3 is 15.2 Å². The Balaban J connectivity index is 3.42. The highest BCUT2D eigenvalue weighted by atomic mass is 79.9. The van der Waals surface area contributed by atoms with E-state index in [9.17, 15) is 9.59 Å². The molecule has 0 aromatic heterocycles. The fraction of sp³-hybridized carbons (Fsp3) is 0.429. The third-order valence-electron chi connectivity index (χ3n) is 2.59. The lowest BCUT2D eigenvalue weighted by molar-refractivity contribution is 0.00699. The number of carbonyl (C=O) groups excluding carboxylic acids is 2. The minimum Gasteiger partial charge on any atom is -0.465 e. The van der Waals surface area contributed by atoms with E-state index in [1.807, 2.05) is 0 Å². The highest BCUT2D eigenvalue weighted by Crippen LogP contribution is 2.31. The van der Waals surface area contributed by atoms with Gasteiger partial charge in [0.15, 0.2) is 0 Å². The molecule has 6 heteroatoms. The van der Waals surface area contributed by atoms with Crippen LogP contribution in [0.1, 0.15) is 47.1 Å². The molecule has 1 aromatic rings. The van der Waals surface area contributed by atoms with Gasteiger partial charge >= 0.3 is 11.9 Å². The molecule has 0 aliphatic heterocycles. The minimum absolute atomic E-state index is 0.176. The number of hydrogen-bond acceptors (Lipinski definition) is 5. The third-order valence-corrected chi connectivity index (χ3v) is 3.24. The summed E-state index contributed by atoms with van der Waals surface area (Å²) in [6.07, 6.45) is 0. The number of hydrogen-bond donors (Lipinski definition) is 1. The van der Waals surface area contributed by atoms with Gasteiger partial charge in [0.2, 0.25) is 0 Å². The Morgan fingerprint density at radius 3 is 2.25 bits per heavy atom. The van der Waals surface area contributed by atoms with Crippen molar-refractivity contribution in [2.45, 2.75) is 33.3 Å². The zero-order valence-corrected chi connectivity index (χ0v) is 13.8. The highest BCUT2D eigenvalue weighted by Gasteiger charge is 2.26. The van der Waals surface area contributed by atoms with Crippen molar-refractivity contribution in [1.82, 2.24) is 0 Å². The van der Waals surface area contributed by atoms with Gasteiger partial charge in [-0.1, -0.05) is 0 Å². The average molecular weight is 344 g/mol. The van der Waals surface area contributed by atoms with Crippen LogP contribution in [0.4, 0.5) is 5.69 Å². The summed E-state index contributed by atoms with van der Waals surface area (Å²) in [6.45, 7) is 6.91. The molecule has 0 aliphatic rings. The lowest BCUT2D eigenvalue weighted by Crippen LogP contribution is -2.25. The first-order valence-electron chi connectivity index (χ1n) is 5.98. The molecule has 0 heterocycles. The first-order valence-corrected chi connectivity index (χ1v) is 6.78. The Labute approximate surface area is 126 Å². The first kappa shape index (κ1) is 16.5. The molecule has 0 radical (unpaired) electrons. The Morgan fingerprint density at radius 2 is 1.80 bits per heavy atom. The van der Waals surface area contributed by atoms with E-state index in [0.717, 1.165) is 0 Å². The molecule has 110 valence electrons. The van der Waals surface area contributed by atoms with Crippen LogP contribution >= 0.6 is 15.9 Å². The third kappa shape index (κ3) is 3.50. The number of benzene rings is 1. The SMILES string of the molecule is COC(=O)c1cc(Br)c(N)c(C(=O)OC(C)(C)C)c1C. The molecule has 2 N–H and O–H groups in total. The maximum absolute atomic E-state index is 12.2. The van der Waals surface area contributed by atoms with Gasteiger partial charge in [-0.2, -0.15) is 0 Å². The number of anilines is 1. The van der Waals surface area contributed by atoms with Crippen LogP contribution in [-0.2, 0) is 9.47 Å². The summed E-state index contributed by atoms with van der Waals surface area (Å²) in [4.78, 5) is 24.0. The van der Waals surface area contributed by atoms with E-state index in [-0.39, 0.29) is 16.8 Å². The van der Waals surface area contributed by atoms with Crippen LogP contribution in [-0.4, -0.2) is 24.6 Å². The summed E-state index contributed by atoms with van der Waals surface area (Å²) in [6, 6.07) is 1.53. The second kappa shape index (κ2) is 5.83. The number of methoxy groups -OCH3 is 1. The molecule has 0 amide bonds. The van der Waals surface area contributed by atoms with E-state index in [1.165, 1.54) is 13.2 Å². The summed E-state index contributed by atoms with van der Waals surface area (Å²) >= 11 is 3.24. The second-order valence-electron chi connectivity index (χ2n) is 5.31. The van der Waals surface area contributed by atoms with Crippen LogP contribution < -0.4 is 5.73 Å². The van der Waals surface area contributed by atoms with Crippen LogP contribution in [0.5, 0.6) is 0 Å². The van der Waals surface area contributed by atoms with E-state index >= 15 is 0 Å². The minimum atomic E-state index is -0.649. The van der Waals surface area contributed by atoms with Crippen LogP contribution in [0.3, 0.4) is 0 Å². The van der Waals surface area contributed by atoms with Crippen molar-refractivity contribution in [3.05, 3.63) is 27.2 Å². The number of nitrogen functional groups attached to an aromatic ring is 1. The van der Waals surface area contributed by atoms with Gasteiger partial charge in [0, 0.05) is 4.47 Å². The highest BCUT2D eigenvalue weighted by molar-refractivity contribution is 9.10. The molecule has 0 unspecified atom stereocenters. The molecule has 0 saturated carbocycles. The van der Waals surface area contributed by atoms with E-state index < -0.39 is 17.5 Å². The van der Waals surface area contributed by atoms with E-state index in [1.54, 1.807) is 27.7 Å². The molecule has 0 bridgehead atoms. The lowest BCUT2D eigenvalue weighted by atomic mass is 10.00. The molecule has 0 spiro atoms. The zero-order chi connectivity index (χ0) is 15.7. The molecule has 5 nitrogen and oxygen atoms in total. The number of halogens is 1. The van der Waals surface area contributed by atoms with Gasteiger partial charge in [-0.15, -0.1) is 0 Å². The summed E-state index contributed by atoms with van der Waals surface area (Å²) < 4.78 is 10.5. The monoisotopic (exact) mass is 343 g/mol. The van der Waals surface area contributed by atoms with E-state index in [2.05, 4.69) is 15.9 Å². The van der Waals surface area contributed by atoms with Gasteiger partial charge in [0.1, 0.15) is 5.60 Å². The Bertz CT molecular complexity index is 561. The average Bonchev–Trinajstić information content (AvgIpc) is 2.30. The van der Waals surface area contributed by atoms with Crippen molar-refractivity contribution in [2.75, 3.05) is 12.8 Å². The van der Waals surface area contributed by atoms with Crippen molar-refractivity contribution in [3.63, 3.8) is 0 Å². The van der Waals surface area contributed by atoms with Crippen molar-refractivity contribution in [1.29, 1.82) is 0 Å². The quantitative estimate of drug-likeness (QED) is 0.659. The number of esters is 2. The van der Waals surface area contributed by atoms with E-state index in [0.29, 0.717) is 10.0 Å². The van der Waals surface area contributed by atoms with Crippen molar-refractivity contribution in [3.8, 4) is 0 Å². The first-order chi connectivity index (χ1) is 9.08. The number of nitrogens with two attached hydrogens (primary N) is 1. The Morgan fingerprint density at radius 1 is 1.25 bits per heavy atom. The van der Waals surface area contributed by atoms with Gasteiger partial charge in [-0.05, 0) is 55.3 Å². The molecule has 0 saturated heterocycles. The Hall–Kier alpha value is -1.56. The molecule has 20 heavy (non-hydrogen) atoms. The lowest BCUT2D eigenvalue weighted by Gasteiger charge is -2.21. The molecule has 0 atom stereocenters. The number of rotatable bonds is 2. The van der Waals surface area contributed by atoms with Crippen molar-refractivity contribution in [2.24, 2.45) is 0 Å². The number of ether oxygens (including phenoxy) is 2. The maximum atomic E-state index is 12.2. The van der Waals surface area contributed by atoms with Gasteiger partial charge in [-0.25, -0.2) is 9.59 Å². The molecular formula is C14H18BrNO4. The van der Waals surface area contributed by atoms with Crippen LogP contribution in [0.25, 0.3) is 0 Å². The molecule has 0 fully saturated rings. The van der Waals surface area contributed by atoms with Crippen molar-refractivity contribution >= 4 is 33.6 Å². The second-order valence-corrected chi connectivity index (χ2v) is 6.17. The summed E-state index contributed by atoms with van der Waals surface area (Å²) in [5.41, 5.74) is 6.39. The molecular weight excluding hydrogens is 326 g/mol. The fourth-order valence-electron chi connectivity index (χ4n) is 1.68. The summed E-state index contributed by atoms with van der Waals surface area (Å²) in [5.74, 6) is -1.10. The van der Waals surface area contributed by atoms with Crippen molar-refractivity contribution < 1.29 is 19.1 Å². The summed E-state index contributed by atoms with van der Waals surface area (Å²) in [5, 5.41) is 0. The van der Waals surface area contributed by atoms with Gasteiger partial charge in [-0.3, -0.25) is 0 Å². The predicted octanol–water partition coefficient (Wildman–Crippen LogP) is 3.08. The molecule has 1 rings (SSSR count). The maximum Gasteiger partial charge on any atom is 0.341 e. The van der Waals surface area contributed by atoms with Crippen LogP contribution in [0.2, 0.25) is 0 Å². The smallest absolute Gasteiger partial charge is 0.341 e. The molecule has 1 aromatic carbocycles. The topological polar surface area (TPSA) is 78.6 Å². The number of carbonyl (C=O) groups is 2. The Kier molecular flexibility index (Phi) is 4.81. The zero-order valence-electron chi connectivity index (χ0n) is 12.2. The normalized spacial score (nSPS) is 11.1. The van der Waals surface area contributed by atoms with E-state index in [4.69, 9.17) is 15.2 Å². The van der Waals surface area contributed by atoms with Gasteiger partial charge in [0.25, 0.3) is 0 Å². The standard InChI is InChI=1S/C14H18BrNO4/c1-7-8(12(17)19-5)6-9(15)11(16)10(7)13(18)20-14(2,3)4/h6H,16H2,1-5H3. The molecule has 0 aliphatic carbocycles. The predicted molar refractivity (Wildman–Crippen MR) is 79.8 cm³/mol.